The van der Waals surface area contributed by atoms with E-state index in [1.165, 1.54) is 0 Å². The Morgan fingerprint density at radius 3 is 2.57 bits per heavy atom. The fraction of sp³-hybridized carbons (Fsp3) is 0.455. The van der Waals surface area contributed by atoms with E-state index in [0.717, 1.165) is 24.0 Å². The fourth-order valence-electron chi connectivity index (χ4n) is 1.70. The first-order valence-corrected chi connectivity index (χ1v) is 4.74. The molecule has 1 fully saturated rings. The standard InChI is InChI=1S/C11H15NO2/c1-7-5-8(11(12)3-4-11)9(13)6-10(7)14-2/h5-6,13H,3-4,12H2,1-2H3. The van der Waals surface area contributed by atoms with Crippen molar-refractivity contribution in [3.8, 4) is 11.5 Å². The van der Waals surface area contributed by atoms with Crippen LogP contribution in [0.5, 0.6) is 11.5 Å². The summed E-state index contributed by atoms with van der Waals surface area (Å²) in [6, 6.07) is 3.55. The van der Waals surface area contributed by atoms with Gasteiger partial charge in [-0.15, -0.1) is 0 Å². The van der Waals surface area contributed by atoms with Crippen molar-refractivity contribution in [2.24, 2.45) is 5.73 Å². The Balaban J connectivity index is 2.48. The van der Waals surface area contributed by atoms with Crippen LogP contribution in [0.25, 0.3) is 0 Å². The Morgan fingerprint density at radius 2 is 2.07 bits per heavy atom. The zero-order valence-electron chi connectivity index (χ0n) is 8.50. The highest BCUT2D eigenvalue weighted by Crippen LogP contribution is 2.47. The highest BCUT2D eigenvalue weighted by molar-refractivity contribution is 5.49. The number of ether oxygens (including phenoxy) is 1. The van der Waals surface area contributed by atoms with Crippen LogP contribution in [0.3, 0.4) is 0 Å². The molecule has 0 aromatic heterocycles. The van der Waals surface area contributed by atoms with Crippen LogP contribution in [0.1, 0.15) is 24.0 Å². The van der Waals surface area contributed by atoms with Gasteiger partial charge in [0.2, 0.25) is 0 Å². The number of hydrogen-bond acceptors (Lipinski definition) is 3. The summed E-state index contributed by atoms with van der Waals surface area (Å²) in [6.45, 7) is 1.95. The number of nitrogens with two attached hydrogens (primary N) is 1. The minimum Gasteiger partial charge on any atom is -0.507 e. The number of phenols is 1. The van der Waals surface area contributed by atoms with Crippen LogP contribution in [0.4, 0.5) is 0 Å². The Labute approximate surface area is 83.5 Å². The van der Waals surface area contributed by atoms with Crippen molar-refractivity contribution in [1.82, 2.24) is 0 Å². The highest BCUT2D eigenvalue weighted by Gasteiger charge is 2.42. The molecule has 76 valence electrons. The molecule has 0 bridgehead atoms. The van der Waals surface area contributed by atoms with Crippen LogP contribution in [0, 0.1) is 6.92 Å². The molecular weight excluding hydrogens is 178 g/mol. The van der Waals surface area contributed by atoms with E-state index in [1.54, 1.807) is 13.2 Å². The molecule has 0 saturated heterocycles. The Kier molecular flexibility index (Phi) is 1.93. The highest BCUT2D eigenvalue weighted by atomic mass is 16.5. The average Bonchev–Trinajstić information content (AvgIpc) is 2.88. The average molecular weight is 193 g/mol. The second-order valence-electron chi connectivity index (χ2n) is 4.00. The zero-order chi connectivity index (χ0) is 10.3. The molecule has 0 amide bonds. The Morgan fingerprint density at radius 1 is 1.43 bits per heavy atom. The number of phenolic OH excluding ortho intramolecular Hbond substituents is 1. The molecule has 1 aliphatic rings. The SMILES string of the molecule is COc1cc(O)c(C2(N)CC2)cc1C. The molecule has 3 N–H and O–H groups in total. The van der Waals surface area contributed by atoms with Crippen molar-refractivity contribution in [2.45, 2.75) is 25.3 Å². The third kappa shape index (κ3) is 1.34. The number of hydrogen-bond donors (Lipinski definition) is 2. The van der Waals surface area contributed by atoms with E-state index >= 15 is 0 Å². The third-order valence-corrected chi connectivity index (χ3v) is 2.84. The van der Waals surface area contributed by atoms with Crippen molar-refractivity contribution >= 4 is 0 Å². The minimum absolute atomic E-state index is 0.243. The normalized spacial score (nSPS) is 17.9. The van der Waals surface area contributed by atoms with E-state index in [9.17, 15) is 5.11 Å². The lowest BCUT2D eigenvalue weighted by molar-refractivity contribution is 0.402. The van der Waals surface area contributed by atoms with Gasteiger partial charge in [-0.05, 0) is 31.4 Å². The summed E-state index contributed by atoms with van der Waals surface area (Å²) in [5.41, 5.74) is 7.59. The van der Waals surface area contributed by atoms with Crippen LogP contribution >= 0.6 is 0 Å². The molecule has 0 atom stereocenters. The van der Waals surface area contributed by atoms with E-state index in [0.29, 0.717) is 5.75 Å². The van der Waals surface area contributed by atoms with Gasteiger partial charge in [-0.25, -0.2) is 0 Å². The molecule has 1 aromatic carbocycles. The number of rotatable bonds is 2. The Bertz CT molecular complexity index is 370. The molecule has 0 radical (unpaired) electrons. The van der Waals surface area contributed by atoms with Gasteiger partial charge in [0.25, 0.3) is 0 Å². The van der Waals surface area contributed by atoms with Crippen molar-refractivity contribution in [3.63, 3.8) is 0 Å². The first kappa shape index (κ1) is 9.34. The van der Waals surface area contributed by atoms with Crippen LogP contribution in [0.2, 0.25) is 0 Å². The van der Waals surface area contributed by atoms with E-state index < -0.39 is 0 Å². The molecule has 0 unspecified atom stereocenters. The predicted octanol–water partition coefficient (Wildman–Crippen LogP) is 1.66. The topological polar surface area (TPSA) is 55.5 Å². The maximum atomic E-state index is 9.76. The Hall–Kier alpha value is -1.22. The van der Waals surface area contributed by atoms with Gasteiger partial charge in [0.1, 0.15) is 11.5 Å². The predicted molar refractivity (Wildman–Crippen MR) is 54.5 cm³/mol. The van der Waals surface area contributed by atoms with E-state index in [2.05, 4.69) is 0 Å². The summed E-state index contributed by atoms with van der Waals surface area (Å²) in [5.74, 6) is 0.947. The van der Waals surface area contributed by atoms with Gasteiger partial charge in [-0.3, -0.25) is 0 Å². The molecule has 0 heterocycles. The van der Waals surface area contributed by atoms with Crippen molar-refractivity contribution < 1.29 is 9.84 Å². The van der Waals surface area contributed by atoms with E-state index in [1.807, 2.05) is 13.0 Å². The first-order valence-electron chi connectivity index (χ1n) is 4.74. The molecule has 14 heavy (non-hydrogen) atoms. The van der Waals surface area contributed by atoms with E-state index in [4.69, 9.17) is 10.5 Å². The molecule has 3 heteroatoms. The van der Waals surface area contributed by atoms with Gasteiger partial charge in [0, 0.05) is 17.2 Å². The summed E-state index contributed by atoms with van der Waals surface area (Å²) in [4.78, 5) is 0. The second-order valence-corrected chi connectivity index (χ2v) is 4.00. The largest absolute Gasteiger partial charge is 0.507 e. The second kappa shape index (κ2) is 2.89. The minimum atomic E-state index is -0.291. The van der Waals surface area contributed by atoms with Gasteiger partial charge in [-0.1, -0.05) is 0 Å². The van der Waals surface area contributed by atoms with Crippen molar-refractivity contribution in [3.05, 3.63) is 23.3 Å². The van der Waals surface area contributed by atoms with Gasteiger partial charge in [0.15, 0.2) is 0 Å². The number of methoxy groups -OCH3 is 1. The molecule has 1 aliphatic carbocycles. The lowest BCUT2D eigenvalue weighted by Gasteiger charge is -2.14. The smallest absolute Gasteiger partial charge is 0.125 e. The maximum absolute atomic E-state index is 9.76. The van der Waals surface area contributed by atoms with Crippen molar-refractivity contribution in [2.75, 3.05) is 7.11 Å². The monoisotopic (exact) mass is 193 g/mol. The van der Waals surface area contributed by atoms with Crippen LogP contribution in [-0.2, 0) is 5.54 Å². The molecular formula is C11H15NO2. The lowest BCUT2D eigenvalue weighted by atomic mass is 10.0. The van der Waals surface area contributed by atoms with E-state index in [-0.39, 0.29) is 11.3 Å². The summed E-state index contributed by atoms with van der Waals surface area (Å²) >= 11 is 0. The van der Waals surface area contributed by atoms with Gasteiger partial charge < -0.3 is 15.6 Å². The molecule has 1 saturated carbocycles. The summed E-state index contributed by atoms with van der Waals surface area (Å²) in [6.07, 6.45) is 1.90. The van der Waals surface area contributed by atoms with Gasteiger partial charge in [-0.2, -0.15) is 0 Å². The molecule has 0 spiro atoms. The zero-order valence-corrected chi connectivity index (χ0v) is 8.50. The van der Waals surface area contributed by atoms with Crippen LogP contribution < -0.4 is 10.5 Å². The summed E-state index contributed by atoms with van der Waals surface area (Å²) < 4.78 is 5.11. The van der Waals surface area contributed by atoms with Crippen LogP contribution in [0.15, 0.2) is 12.1 Å². The lowest BCUT2D eigenvalue weighted by Crippen LogP contribution is -2.19. The number of benzene rings is 1. The molecule has 1 aromatic rings. The third-order valence-electron chi connectivity index (χ3n) is 2.84. The molecule has 3 nitrogen and oxygen atoms in total. The quantitative estimate of drug-likeness (QED) is 0.751. The number of aryl methyl sites for hydroxylation is 1. The summed E-state index contributed by atoms with van der Waals surface area (Å²) in [5, 5.41) is 9.76. The van der Waals surface area contributed by atoms with Crippen LogP contribution in [-0.4, -0.2) is 12.2 Å². The van der Waals surface area contributed by atoms with Gasteiger partial charge in [0.05, 0.1) is 7.11 Å². The maximum Gasteiger partial charge on any atom is 0.125 e. The molecule has 0 aliphatic heterocycles. The van der Waals surface area contributed by atoms with Crippen molar-refractivity contribution in [1.29, 1.82) is 0 Å². The van der Waals surface area contributed by atoms with Gasteiger partial charge >= 0.3 is 0 Å². The first-order chi connectivity index (χ1) is 6.57. The number of aromatic hydroxyl groups is 1. The fourth-order valence-corrected chi connectivity index (χ4v) is 1.70. The summed E-state index contributed by atoms with van der Waals surface area (Å²) in [7, 11) is 1.59. The molecule has 2 rings (SSSR count).